The second-order valence-electron chi connectivity index (χ2n) is 4.07. The normalized spacial score (nSPS) is 26.6. The van der Waals surface area contributed by atoms with Crippen LogP contribution in [-0.4, -0.2) is 11.6 Å². The van der Waals surface area contributed by atoms with Crippen LogP contribution in [0.25, 0.3) is 0 Å². The lowest BCUT2D eigenvalue weighted by Gasteiger charge is -2.18. The number of ketones is 2. The summed E-state index contributed by atoms with van der Waals surface area (Å²) in [5.41, 5.74) is 0. The summed E-state index contributed by atoms with van der Waals surface area (Å²) in [4.78, 5) is 22.8. The molecular formula is C11H18O2. The lowest BCUT2D eigenvalue weighted by atomic mass is 9.84. The summed E-state index contributed by atoms with van der Waals surface area (Å²) in [5, 5.41) is 0. The van der Waals surface area contributed by atoms with Gasteiger partial charge in [0, 0.05) is 18.3 Å². The molecule has 1 aliphatic rings. The molecule has 1 rings (SSSR count). The zero-order chi connectivity index (χ0) is 9.84. The van der Waals surface area contributed by atoms with Crippen LogP contribution < -0.4 is 0 Å². The van der Waals surface area contributed by atoms with E-state index in [2.05, 4.69) is 0 Å². The van der Waals surface area contributed by atoms with Gasteiger partial charge in [-0.25, -0.2) is 0 Å². The molecule has 0 bridgehead atoms. The van der Waals surface area contributed by atoms with Crippen molar-refractivity contribution in [2.75, 3.05) is 0 Å². The molecule has 0 aliphatic heterocycles. The molecule has 0 heterocycles. The molecule has 0 spiro atoms. The Bertz CT molecular complexity index is 208. The van der Waals surface area contributed by atoms with Gasteiger partial charge < -0.3 is 0 Å². The predicted molar refractivity (Wildman–Crippen MR) is 51.4 cm³/mol. The third-order valence-corrected chi connectivity index (χ3v) is 3.10. The molecule has 2 atom stereocenters. The van der Waals surface area contributed by atoms with E-state index in [-0.39, 0.29) is 17.6 Å². The van der Waals surface area contributed by atoms with Crippen molar-refractivity contribution in [2.45, 2.75) is 46.0 Å². The van der Waals surface area contributed by atoms with Crippen LogP contribution in [0.4, 0.5) is 0 Å². The fourth-order valence-electron chi connectivity index (χ4n) is 2.00. The number of carbonyl (C=O) groups excluding carboxylic acids is 2. The van der Waals surface area contributed by atoms with Gasteiger partial charge in [-0.15, -0.1) is 0 Å². The third kappa shape index (κ3) is 2.64. The van der Waals surface area contributed by atoms with E-state index in [4.69, 9.17) is 0 Å². The molecule has 2 nitrogen and oxygen atoms in total. The van der Waals surface area contributed by atoms with Crippen molar-refractivity contribution in [3.63, 3.8) is 0 Å². The van der Waals surface area contributed by atoms with Crippen LogP contribution >= 0.6 is 0 Å². The Morgan fingerprint density at radius 3 is 2.69 bits per heavy atom. The molecule has 0 aromatic heterocycles. The minimum atomic E-state index is -0.0643. The van der Waals surface area contributed by atoms with Gasteiger partial charge in [0.1, 0.15) is 11.6 Å². The first-order valence-corrected chi connectivity index (χ1v) is 5.16. The number of hydrogen-bond donors (Lipinski definition) is 0. The van der Waals surface area contributed by atoms with Crippen molar-refractivity contribution in [3.05, 3.63) is 0 Å². The predicted octanol–water partition coefficient (Wildman–Crippen LogP) is 2.36. The van der Waals surface area contributed by atoms with Gasteiger partial charge in [0.15, 0.2) is 0 Å². The average Bonchev–Trinajstić information content (AvgIpc) is 2.28. The molecular weight excluding hydrogens is 164 g/mol. The summed E-state index contributed by atoms with van der Waals surface area (Å²) in [6, 6.07) is 0. The second-order valence-corrected chi connectivity index (χ2v) is 4.07. The molecule has 0 radical (unpaired) electrons. The van der Waals surface area contributed by atoms with Crippen molar-refractivity contribution in [2.24, 2.45) is 11.8 Å². The first kappa shape index (κ1) is 10.4. The van der Waals surface area contributed by atoms with Crippen molar-refractivity contribution in [1.82, 2.24) is 0 Å². The summed E-state index contributed by atoms with van der Waals surface area (Å²) in [7, 11) is 0. The monoisotopic (exact) mass is 182 g/mol. The smallest absolute Gasteiger partial charge is 0.136 e. The standard InChI is InChI=1S/C11H18O2/c1-8(9(2)12)10-6-4-3-5-7-11(10)13/h8,10H,3-7H2,1-2H3. The third-order valence-electron chi connectivity index (χ3n) is 3.10. The Kier molecular flexibility index (Phi) is 3.64. The molecule has 0 aromatic carbocycles. The van der Waals surface area contributed by atoms with Crippen LogP contribution in [0.3, 0.4) is 0 Å². The first-order chi connectivity index (χ1) is 6.13. The minimum absolute atomic E-state index is 0.0139. The minimum Gasteiger partial charge on any atom is -0.300 e. The van der Waals surface area contributed by atoms with Gasteiger partial charge in [-0.05, 0) is 19.8 Å². The van der Waals surface area contributed by atoms with Gasteiger partial charge in [-0.1, -0.05) is 19.8 Å². The van der Waals surface area contributed by atoms with E-state index < -0.39 is 0 Å². The lowest BCUT2D eigenvalue weighted by Crippen LogP contribution is -2.25. The summed E-state index contributed by atoms with van der Waals surface area (Å²) in [5.74, 6) is 0.408. The fourth-order valence-corrected chi connectivity index (χ4v) is 2.00. The van der Waals surface area contributed by atoms with Crippen LogP contribution in [0.15, 0.2) is 0 Å². The Morgan fingerprint density at radius 2 is 2.08 bits per heavy atom. The zero-order valence-electron chi connectivity index (χ0n) is 8.51. The van der Waals surface area contributed by atoms with Gasteiger partial charge in [-0.2, -0.15) is 0 Å². The zero-order valence-corrected chi connectivity index (χ0v) is 8.51. The molecule has 2 heteroatoms. The Labute approximate surface area is 79.7 Å². The number of Topliss-reactive ketones (excluding diaryl/α,β-unsaturated/α-hetero) is 2. The maximum atomic E-state index is 11.6. The van der Waals surface area contributed by atoms with E-state index in [0.29, 0.717) is 12.2 Å². The van der Waals surface area contributed by atoms with Crippen molar-refractivity contribution >= 4 is 11.6 Å². The summed E-state index contributed by atoms with van der Waals surface area (Å²) in [6.07, 6.45) is 4.86. The molecule has 0 amide bonds. The fraction of sp³-hybridized carbons (Fsp3) is 0.818. The van der Waals surface area contributed by atoms with E-state index in [1.54, 1.807) is 6.92 Å². The highest BCUT2D eigenvalue weighted by Gasteiger charge is 2.28. The van der Waals surface area contributed by atoms with Crippen LogP contribution in [0.5, 0.6) is 0 Å². The molecule has 74 valence electrons. The van der Waals surface area contributed by atoms with Gasteiger partial charge in [0.25, 0.3) is 0 Å². The van der Waals surface area contributed by atoms with Crippen molar-refractivity contribution in [3.8, 4) is 0 Å². The van der Waals surface area contributed by atoms with E-state index in [1.165, 1.54) is 0 Å². The highest BCUT2D eigenvalue weighted by molar-refractivity contribution is 5.88. The highest BCUT2D eigenvalue weighted by Crippen LogP contribution is 2.26. The lowest BCUT2D eigenvalue weighted by molar-refractivity contribution is -0.130. The summed E-state index contributed by atoms with van der Waals surface area (Å²) < 4.78 is 0. The SMILES string of the molecule is CC(=O)C(C)C1CCCCCC1=O. The quantitative estimate of drug-likeness (QED) is 0.614. The van der Waals surface area contributed by atoms with E-state index in [9.17, 15) is 9.59 Å². The van der Waals surface area contributed by atoms with Gasteiger partial charge >= 0.3 is 0 Å². The van der Waals surface area contributed by atoms with Gasteiger partial charge in [-0.3, -0.25) is 9.59 Å². The summed E-state index contributed by atoms with van der Waals surface area (Å²) in [6.45, 7) is 3.47. The van der Waals surface area contributed by atoms with Crippen molar-refractivity contribution < 1.29 is 9.59 Å². The first-order valence-electron chi connectivity index (χ1n) is 5.16. The highest BCUT2D eigenvalue weighted by atomic mass is 16.1. The number of carbonyl (C=O) groups is 2. The number of hydrogen-bond acceptors (Lipinski definition) is 2. The molecule has 1 aliphatic carbocycles. The second kappa shape index (κ2) is 4.54. The Hall–Kier alpha value is -0.660. The molecule has 0 saturated heterocycles. The average molecular weight is 182 g/mol. The molecule has 2 unspecified atom stereocenters. The van der Waals surface area contributed by atoms with Crippen LogP contribution in [-0.2, 0) is 9.59 Å². The van der Waals surface area contributed by atoms with E-state index >= 15 is 0 Å². The van der Waals surface area contributed by atoms with E-state index in [0.717, 1.165) is 25.7 Å². The molecule has 0 N–H and O–H groups in total. The van der Waals surface area contributed by atoms with Crippen molar-refractivity contribution in [1.29, 1.82) is 0 Å². The van der Waals surface area contributed by atoms with Crippen LogP contribution in [0.2, 0.25) is 0 Å². The molecule has 1 saturated carbocycles. The topological polar surface area (TPSA) is 34.1 Å². The molecule has 0 aromatic rings. The Balaban J connectivity index is 2.64. The maximum Gasteiger partial charge on any atom is 0.136 e. The summed E-state index contributed by atoms with van der Waals surface area (Å²) >= 11 is 0. The van der Waals surface area contributed by atoms with E-state index in [1.807, 2.05) is 6.92 Å². The Morgan fingerprint density at radius 1 is 1.38 bits per heavy atom. The number of rotatable bonds is 2. The largest absolute Gasteiger partial charge is 0.300 e. The van der Waals surface area contributed by atoms with Crippen LogP contribution in [0.1, 0.15) is 46.0 Å². The maximum absolute atomic E-state index is 11.6. The van der Waals surface area contributed by atoms with Gasteiger partial charge in [0.05, 0.1) is 0 Å². The molecule has 13 heavy (non-hydrogen) atoms. The molecule has 1 fully saturated rings. The van der Waals surface area contributed by atoms with Gasteiger partial charge in [0.2, 0.25) is 0 Å². The van der Waals surface area contributed by atoms with Crippen LogP contribution in [0, 0.1) is 11.8 Å².